The van der Waals surface area contributed by atoms with Gasteiger partial charge in [-0.05, 0) is 0 Å². The number of hydrogen-bond donors (Lipinski definition) is 5. The number of aliphatic hydroxyl groups is 4. The van der Waals surface area contributed by atoms with Crippen LogP contribution in [0.5, 0.6) is 0 Å². The third-order valence-electron chi connectivity index (χ3n) is 2.70. The smallest absolute Gasteiger partial charge is 0.306 e. The molecule has 0 radical (unpaired) electrons. The number of aromatic nitrogens is 4. The van der Waals surface area contributed by atoms with Crippen molar-refractivity contribution in [2.24, 2.45) is 0 Å². The highest BCUT2D eigenvalue weighted by Crippen LogP contribution is 2.07. The van der Waals surface area contributed by atoms with Crippen LogP contribution in [0, 0.1) is 10.1 Å². The van der Waals surface area contributed by atoms with Gasteiger partial charge in [0.2, 0.25) is 0 Å². The Morgan fingerprint density at radius 3 is 1.96 bits per heavy atom. The lowest BCUT2D eigenvalue weighted by Gasteiger charge is -2.05. The van der Waals surface area contributed by atoms with Crippen LogP contribution in [0.1, 0.15) is 0 Å². The zero-order valence-corrected chi connectivity index (χ0v) is 12.7. The molecule has 0 amide bonds. The summed E-state index contributed by atoms with van der Waals surface area (Å²) in [4.78, 5) is 9.64. The standard InChI is InChI=1S/C6H9N3O4.C6H11N3O2/c10-4-6(11)3-8-2-5(1-7-8)9(12)13;7-5-1-8-9(2-5)3-6(11)4-10/h1-2,6,10-11H,3-4H2;1-2,6,10-11H,3-4,7H2/t2*6-/m00/s1. The molecular formula is C12H20N6O6. The molecule has 0 aliphatic carbocycles. The molecule has 0 spiro atoms. The quantitative estimate of drug-likeness (QED) is 0.279. The van der Waals surface area contributed by atoms with E-state index in [1.807, 2.05) is 0 Å². The Hall–Kier alpha value is -2.54. The largest absolute Gasteiger partial charge is 0.396 e. The van der Waals surface area contributed by atoms with E-state index in [1.165, 1.54) is 21.8 Å². The van der Waals surface area contributed by atoms with Crippen LogP contribution < -0.4 is 5.73 Å². The first-order chi connectivity index (χ1) is 11.3. The van der Waals surface area contributed by atoms with E-state index in [0.29, 0.717) is 5.69 Å². The normalized spacial score (nSPS) is 13.0. The molecule has 2 aromatic rings. The predicted octanol–water partition coefficient (Wildman–Crippen LogP) is -2.04. The SMILES string of the molecule is Nc1cnn(C[C@H](O)CO)c1.O=[N+]([O-])c1cnn(C[C@H](O)CO)c1. The van der Waals surface area contributed by atoms with Gasteiger partial charge < -0.3 is 26.2 Å². The maximum absolute atomic E-state index is 10.2. The van der Waals surface area contributed by atoms with Crippen molar-refractivity contribution in [3.63, 3.8) is 0 Å². The van der Waals surface area contributed by atoms with Gasteiger partial charge in [-0.15, -0.1) is 0 Å². The molecule has 2 atom stereocenters. The summed E-state index contributed by atoms with van der Waals surface area (Å²) in [5, 5.41) is 52.6. The Kier molecular flexibility index (Phi) is 7.77. The molecule has 2 aromatic heterocycles. The van der Waals surface area contributed by atoms with E-state index in [0.717, 1.165) is 6.20 Å². The van der Waals surface area contributed by atoms with Gasteiger partial charge in [-0.1, -0.05) is 0 Å². The zero-order chi connectivity index (χ0) is 18.1. The van der Waals surface area contributed by atoms with Crippen LogP contribution in [0.25, 0.3) is 0 Å². The molecule has 2 rings (SSSR count). The average molecular weight is 344 g/mol. The van der Waals surface area contributed by atoms with Crippen molar-refractivity contribution in [2.45, 2.75) is 25.3 Å². The zero-order valence-electron chi connectivity index (χ0n) is 12.7. The molecule has 134 valence electrons. The number of rotatable bonds is 7. The topological polar surface area (TPSA) is 186 Å². The lowest BCUT2D eigenvalue weighted by molar-refractivity contribution is -0.385. The molecule has 0 aromatic carbocycles. The summed E-state index contributed by atoms with van der Waals surface area (Å²) in [5.41, 5.74) is 5.79. The van der Waals surface area contributed by atoms with E-state index < -0.39 is 23.7 Å². The fourth-order valence-corrected chi connectivity index (χ4v) is 1.57. The highest BCUT2D eigenvalue weighted by Gasteiger charge is 2.10. The van der Waals surface area contributed by atoms with Gasteiger partial charge >= 0.3 is 5.69 Å². The minimum absolute atomic E-state index is 0.0460. The number of nitrogens with two attached hydrogens (primary N) is 1. The van der Waals surface area contributed by atoms with E-state index in [2.05, 4.69) is 10.2 Å². The fourth-order valence-electron chi connectivity index (χ4n) is 1.57. The highest BCUT2D eigenvalue weighted by atomic mass is 16.6. The molecule has 12 heteroatoms. The maximum Gasteiger partial charge on any atom is 0.306 e. The molecule has 12 nitrogen and oxygen atoms in total. The summed E-state index contributed by atoms with van der Waals surface area (Å²) in [6.45, 7) is -0.342. The van der Waals surface area contributed by atoms with Gasteiger partial charge in [0.1, 0.15) is 12.4 Å². The van der Waals surface area contributed by atoms with Crippen LogP contribution in [0.3, 0.4) is 0 Å². The molecule has 2 heterocycles. The van der Waals surface area contributed by atoms with Gasteiger partial charge in [0.25, 0.3) is 0 Å². The van der Waals surface area contributed by atoms with Crippen LogP contribution in [-0.4, -0.2) is 70.3 Å². The lowest BCUT2D eigenvalue weighted by Crippen LogP contribution is -2.19. The summed E-state index contributed by atoms with van der Waals surface area (Å²) < 4.78 is 2.69. The van der Waals surface area contributed by atoms with Gasteiger partial charge in [0.05, 0.1) is 55.3 Å². The molecule has 0 bridgehead atoms. The monoisotopic (exact) mass is 344 g/mol. The van der Waals surface area contributed by atoms with Crippen molar-refractivity contribution >= 4 is 11.4 Å². The van der Waals surface area contributed by atoms with Crippen molar-refractivity contribution in [2.75, 3.05) is 18.9 Å². The third-order valence-corrected chi connectivity index (χ3v) is 2.70. The summed E-state index contributed by atoms with van der Waals surface area (Å²) >= 11 is 0. The van der Waals surface area contributed by atoms with E-state index in [4.69, 9.17) is 26.2 Å². The van der Waals surface area contributed by atoms with Gasteiger partial charge in [-0.25, -0.2) is 0 Å². The van der Waals surface area contributed by atoms with E-state index in [-0.39, 0.29) is 25.4 Å². The van der Waals surface area contributed by atoms with Crippen LogP contribution in [-0.2, 0) is 13.1 Å². The number of nitrogen functional groups attached to an aromatic ring is 1. The van der Waals surface area contributed by atoms with Crippen LogP contribution in [0.2, 0.25) is 0 Å². The van der Waals surface area contributed by atoms with Gasteiger partial charge in [-0.2, -0.15) is 10.2 Å². The Bertz CT molecular complexity index is 629. The molecule has 24 heavy (non-hydrogen) atoms. The van der Waals surface area contributed by atoms with Crippen molar-refractivity contribution in [1.82, 2.24) is 19.6 Å². The number of hydrogen-bond acceptors (Lipinski definition) is 9. The molecular weight excluding hydrogens is 324 g/mol. The van der Waals surface area contributed by atoms with Crippen LogP contribution >= 0.6 is 0 Å². The molecule has 6 N–H and O–H groups in total. The predicted molar refractivity (Wildman–Crippen MR) is 81.7 cm³/mol. The molecule has 0 saturated carbocycles. The third kappa shape index (κ3) is 6.70. The maximum atomic E-state index is 10.2. The summed E-state index contributed by atoms with van der Waals surface area (Å²) in [7, 11) is 0. The van der Waals surface area contributed by atoms with Crippen molar-refractivity contribution in [3.8, 4) is 0 Å². The first-order valence-corrected chi connectivity index (χ1v) is 6.88. The van der Waals surface area contributed by atoms with Crippen LogP contribution in [0.15, 0.2) is 24.8 Å². The minimum atomic E-state index is -0.945. The minimum Gasteiger partial charge on any atom is -0.396 e. The second-order valence-corrected chi connectivity index (χ2v) is 4.85. The van der Waals surface area contributed by atoms with Crippen molar-refractivity contribution < 1.29 is 25.3 Å². The Labute approximate surface area is 136 Å². The van der Waals surface area contributed by atoms with Crippen molar-refractivity contribution in [1.29, 1.82) is 0 Å². The van der Waals surface area contributed by atoms with Gasteiger partial charge in [-0.3, -0.25) is 19.5 Å². The average Bonchev–Trinajstić information content (AvgIpc) is 3.17. The second kappa shape index (κ2) is 9.57. The number of anilines is 1. The Morgan fingerprint density at radius 2 is 1.58 bits per heavy atom. The number of nitro groups is 1. The molecule has 0 aliphatic heterocycles. The van der Waals surface area contributed by atoms with E-state index >= 15 is 0 Å². The van der Waals surface area contributed by atoms with Crippen LogP contribution in [0.4, 0.5) is 11.4 Å². The Morgan fingerprint density at radius 1 is 1.08 bits per heavy atom. The van der Waals surface area contributed by atoms with Crippen molar-refractivity contribution in [3.05, 3.63) is 34.9 Å². The summed E-state index contributed by atoms with van der Waals surface area (Å²) in [6.07, 6.45) is 3.65. The molecule has 0 unspecified atom stereocenters. The number of nitrogens with zero attached hydrogens (tertiary/aromatic N) is 5. The fraction of sp³-hybridized carbons (Fsp3) is 0.500. The first kappa shape index (κ1) is 19.5. The second-order valence-electron chi connectivity index (χ2n) is 4.85. The molecule has 0 aliphatic rings. The van der Waals surface area contributed by atoms with Gasteiger partial charge in [0, 0.05) is 6.20 Å². The Balaban J connectivity index is 0.000000243. The molecule has 0 saturated heterocycles. The number of aliphatic hydroxyl groups excluding tert-OH is 4. The first-order valence-electron chi connectivity index (χ1n) is 6.88. The summed E-state index contributed by atoms with van der Waals surface area (Å²) in [5.74, 6) is 0. The van der Waals surface area contributed by atoms with Gasteiger partial charge in [0.15, 0.2) is 0 Å². The van der Waals surface area contributed by atoms with E-state index in [1.54, 1.807) is 6.20 Å². The van der Waals surface area contributed by atoms with E-state index in [9.17, 15) is 10.1 Å². The summed E-state index contributed by atoms with van der Waals surface area (Å²) in [6, 6.07) is 0. The highest BCUT2D eigenvalue weighted by molar-refractivity contribution is 5.30. The molecule has 0 fully saturated rings. The lowest BCUT2D eigenvalue weighted by atomic mass is 10.4.